The SMILES string of the molecule is C/C=C(/C)C(=O)OC[C@](C)(O)[C@H]1Oc2ccc3ccc(=O)oc3c2[C@H]1OC(=O)CC(C)C. The Hall–Kier alpha value is -3.13. The van der Waals surface area contributed by atoms with E-state index >= 15 is 0 Å². The summed E-state index contributed by atoms with van der Waals surface area (Å²) in [5.74, 6) is -0.693. The number of allylic oxidation sites excluding steroid dienone is 1. The van der Waals surface area contributed by atoms with Crippen LogP contribution in [-0.4, -0.2) is 35.4 Å². The van der Waals surface area contributed by atoms with Crippen LogP contribution < -0.4 is 10.4 Å². The third kappa shape index (κ3) is 4.85. The highest BCUT2D eigenvalue weighted by Gasteiger charge is 2.50. The molecule has 0 aliphatic carbocycles. The van der Waals surface area contributed by atoms with Crippen LogP contribution in [0.3, 0.4) is 0 Å². The Balaban J connectivity index is 2.00. The Morgan fingerprint density at radius 1 is 1.25 bits per heavy atom. The maximum atomic E-state index is 12.5. The first-order valence-electron chi connectivity index (χ1n) is 10.5. The summed E-state index contributed by atoms with van der Waals surface area (Å²) in [6.07, 6.45) is -0.403. The molecule has 32 heavy (non-hydrogen) atoms. The molecule has 0 unspecified atom stereocenters. The molecule has 3 rings (SSSR count). The fourth-order valence-corrected chi connectivity index (χ4v) is 3.48. The van der Waals surface area contributed by atoms with Gasteiger partial charge in [-0.15, -0.1) is 0 Å². The quantitative estimate of drug-likeness (QED) is 0.393. The van der Waals surface area contributed by atoms with Crippen molar-refractivity contribution in [1.82, 2.24) is 0 Å². The molecule has 1 aliphatic rings. The zero-order valence-corrected chi connectivity index (χ0v) is 18.8. The van der Waals surface area contributed by atoms with Gasteiger partial charge in [-0.25, -0.2) is 9.59 Å². The summed E-state index contributed by atoms with van der Waals surface area (Å²) >= 11 is 0. The lowest BCUT2D eigenvalue weighted by molar-refractivity contribution is -0.172. The molecule has 0 saturated carbocycles. The normalized spacial score (nSPS) is 19.9. The minimum atomic E-state index is -1.72. The smallest absolute Gasteiger partial charge is 0.336 e. The average molecular weight is 444 g/mol. The predicted octanol–water partition coefficient (Wildman–Crippen LogP) is 3.44. The van der Waals surface area contributed by atoms with E-state index in [1.54, 1.807) is 38.1 Å². The standard InChI is InChI=1S/C24H28O8/c1-6-14(4)23(27)29-12-24(5,28)22-21(32-18(26)11-13(2)3)19-16(30-22)9-7-15-8-10-17(25)31-20(15)19/h6-10,13,21-22,28H,11-12H2,1-5H3/b14-6-/t21-,22+,24+/m1/s1. The van der Waals surface area contributed by atoms with Gasteiger partial charge in [0.2, 0.25) is 0 Å². The van der Waals surface area contributed by atoms with Crippen molar-refractivity contribution < 1.29 is 33.3 Å². The minimum absolute atomic E-state index is 0.0541. The van der Waals surface area contributed by atoms with E-state index in [2.05, 4.69) is 0 Å². The Bertz CT molecular complexity index is 1110. The highest BCUT2D eigenvalue weighted by atomic mass is 16.6. The van der Waals surface area contributed by atoms with E-state index in [0.717, 1.165) is 0 Å². The molecule has 8 nitrogen and oxygen atoms in total. The van der Waals surface area contributed by atoms with Crippen molar-refractivity contribution in [2.75, 3.05) is 6.61 Å². The van der Waals surface area contributed by atoms with Gasteiger partial charge in [0.1, 0.15) is 23.5 Å². The topological polar surface area (TPSA) is 112 Å². The minimum Gasteiger partial charge on any atom is -0.482 e. The van der Waals surface area contributed by atoms with Crippen LogP contribution in [0.2, 0.25) is 0 Å². The van der Waals surface area contributed by atoms with E-state index in [9.17, 15) is 19.5 Å². The van der Waals surface area contributed by atoms with Crippen LogP contribution in [0.15, 0.2) is 45.1 Å². The molecule has 2 aromatic rings. The van der Waals surface area contributed by atoms with Crippen molar-refractivity contribution in [3.05, 3.63) is 51.9 Å². The van der Waals surface area contributed by atoms with Gasteiger partial charge in [-0.05, 0) is 44.9 Å². The number of ether oxygens (including phenoxy) is 3. The molecule has 0 bridgehead atoms. The van der Waals surface area contributed by atoms with Gasteiger partial charge in [0.15, 0.2) is 12.2 Å². The number of aliphatic hydroxyl groups is 1. The maximum Gasteiger partial charge on any atom is 0.336 e. The van der Waals surface area contributed by atoms with Crippen molar-refractivity contribution in [2.45, 2.75) is 58.8 Å². The molecular weight excluding hydrogens is 416 g/mol. The molecule has 0 radical (unpaired) electrons. The Labute approximate surface area is 185 Å². The number of hydrogen-bond donors (Lipinski definition) is 1. The van der Waals surface area contributed by atoms with Gasteiger partial charge in [0, 0.05) is 23.4 Å². The lowest BCUT2D eigenvalue weighted by Crippen LogP contribution is -2.49. The number of rotatable bonds is 7. The zero-order chi connectivity index (χ0) is 23.6. The van der Waals surface area contributed by atoms with E-state index in [1.165, 1.54) is 13.0 Å². The summed E-state index contributed by atoms with van der Waals surface area (Å²) in [4.78, 5) is 36.5. The largest absolute Gasteiger partial charge is 0.482 e. The second-order valence-electron chi connectivity index (χ2n) is 8.60. The summed E-state index contributed by atoms with van der Waals surface area (Å²) in [6.45, 7) is 8.11. The highest BCUT2D eigenvalue weighted by molar-refractivity contribution is 5.87. The van der Waals surface area contributed by atoms with Crippen LogP contribution in [0.25, 0.3) is 11.0 Å². The number of benzene rings is 1. The molecular formula is C24H28O8. The third-order valence-corrected chi connectivity index (χ3v) is 5.30. The third-order valence-electron chi connectivity index (χ3n) is 5.30. The van der Waals surface area contributed by atoms with Crippen molar-refractivity contribution >= 4 is 22.9 Å². The molecule has 2 heterocycles. The summed E-state index contributed by atoms with van der Waals surface area (Å²) in [5.41, 5.74) is -1.31. The molecule has 1 aliphatic heterocycles. The van der Waals surface area contributed by atoms with Crippen LogP contribution in [0.5, 0.6) is 5.75 Å². The van der Waals surface area contributed by atoms with Crippen LogP contribution in [-0.2, 0) is 19.1 Å². The first-order chi connectivity index (χ1) is 15.0. The van der Waals surface area contributed by atoms with Crippen molar-refractivity contribution in [3.63, 3.8) is 0 Å². The summed E-state index contributed by atoms with van der Waals surface area (Å²) in [6, 6.07) is 6.26. The van der Waals surface area contributed by atoms with Crippen molar-refractivity contribution in [3.8, 4) is 5.75 Å². The summed E-state index contributed by atoms with van der Waals surface area (Å²) in [7, 11) is 0. The molecule has 0 saturated heterocycles. The van der Waals surface area contributed by atoms with Crippen molar-refractivity contribution in [1.29, 1.82) is 0 Å². The molecule has 3 atom stereocenters. The maximum absolute atomic E-state index is 12.5. The van der Waals surface area contributed by atoms with Gasteiger partial charge < -0.3 is 23.7 Å². The number of hydrogen-bond acceptors (Lipinski definition) is 8. The number of carbonyl (C=O) groups is 2. The predicted molar refractivity (Wildman–Crippen MR) is 116 cm³/mol. The second-order valence-corrected chi connectivity index (χ2v) is 8.60. The first-order valence-corrected chi connectivity index (χ1v) is 10.5. The van der Waals surface area contributed by atoms with Gasteiger partial charge in [0.05, 0.1) is 5.56 Å². The van der Waals surface area contributed by atoms with Crippen LogP contribution in [0.1, 0.15) is 52.7 Å². The summed E-state index contributed by atoms with van der Waals surface area (Å²) in [5, 5.41) is 11.8. The lowest BCUT2D eigenvalue weighted by atomic mass is 9.92. The fourth-order valence-electron chi connectivity index (χ4n) is 3.48. The fraction of sp³-hybridized carbons (Fsp3) is 0.458. The van der Waals surface area contributed by atoms with Crippen LogP contribution >= 0.6 is 0 Å². The zero-order valence-electron chi connectivity index (χ0n) is 18.8. The monoisotopic (exact) mass is 444 g/mol. The molecule has 1 N–H and O–H groups in total. The lowest BCUT2D eigenvalue weighted by Gasteiger charge is -2.32. The van der Waals surface area contributed by atoms with E-state index in [1.807, 2.05) is 13.8 Å². The Kier molecular flexibility index (Phi) is 6.74. The molecule has 172 valence electrons. The van der Waals surface area contributed by atoms with Crippen LogP contribution in [0, 0.1) is 5.92 Å². The van der Waals surface area contributed by atoms with E-state index in [-0.39, 0.29) is 17.9 Å². The van der Waals surface area contributed by atoms with Crippen LogP contribution in [0.4, 0.5) is 0 Å². The Morgan fingerprint density at radius 2 is 1.94 bits per heavy atom. The van der Waals surface area contributed by atoms with E-state index < -0.39 is 42.0 Å². The molecule has 0 amide bonds. The Morgan fingerprint density at radius 3 is 2.59 bits per heavy atom. The van der Waals surface area contributed by atoms with E-state index in [0.29, 0.717) is 22.3 Å². The number of carbonyl (C=O) groups excluding carboxylic acids is 2. The second kappa shape index (κ2) is 9.16. The molecule has 1 aromatic carbocycles. The molecule has 0 fully saturated rings. The molecule has 1 aromatic heterocycles. The van der Waals surface area contributed by atoms with Gasteiger partial charge in [-0.1, -0.05) is 19.9 Å². The average Bonchev–Trinajstić information content (AvgIpc) is 3.10. The molecule has 0 spiro atoms. The van der Waals surface area contributed by atoms with E-state index in [4.69, 9.17) is 18.6 Å². The number of fused-ring (bicyclic) bond motifs is 3. The van der Waals surface area contributed by atoms with Gasteiger partial charge in [0.25, 0.3) is 0 Å². The van der Waals surface area contributed by atoms with Gasteiger partial charge in [-0.3, -0.25) is 4.79 Å². The number of esters is 2. The summed E-state index contributed by atoms with van der Waals surface area (Å²) < 4.78 is 22.3. The van der Waals surface area contributed by atoms with Gasteiger partial charge >= 0.3 is 17.6 Å². The van der Waals surface area contributed by atoms with Gasteiger partial charge in [-0.2, -0.15) is 0 Å². The molecule has 8 heteroatoms. The van der Waals surface area contributed by atoms with Crippen molar-refractivity contribution in [2.24, 2.45) is 5.92 Å². The highest BCUT2D eigenvalue weighted by Crippen LogP contribution is 2.46. The first kappa shape index (κ1) is 23.5.